The molecule has 5 rings (SSSR count). The first-order chi connectivity index (χ1) is 18.9. The maximum Gasteiger partial charge on any atom is 0.295 e. The van der Waals surface area contributed by atoms with Crippen LogP contribution in [0.25, 0.3) is 11.4 Å². The fraction of sp³-hybridized carbons (Fsp3) is 0.258. The van der Waals surface area contributed by atoms with Crippen molar-refractivity contribution in [1.82, 2.24) is 14.3 Å². The van der Waals surface area contributed by atoms with E-state index in [1.54, 1.807) is 36.8 Å². The second-order valence-corrected chi connectivity index (χ2v) is 9.50. The average molecular weight is 526 g/mol. The van der Waals surface area contributed by atoms with E-state index in [4.69, 9.17) is 9.47 Å². The highest BCUT2D eigenvalue weighted by atomic mass is 16.5. The maximum absolute atomic E-state index is 13.6. The number of rotatable bonds is 9. The molecule has 2 aromatic heterocycles. The Morgan fingerprint density at radius 2 is 1.79 bits per heavy atom. The number of Topliss-reactive ketones (excluding diaryl/α,β-unsaturated/α-hetero) is 1. The number of fused-ring (bicyclic) bond motifs is 1. The third-order valence-corrected chi connectivity index (χ3v) is 6.92. The van der Waals surface area contributed by atoms with E-state index in [2.05, 4.69) is 11.9 Å². The van der Waals surface area contributed by atoms with Crippen molar-refractivity contribution >= 4 is 23.1 Å². The van der Waals surface area contributed by atoms with Crippen LogP contribution in [0.15, 0.2) is 78.5 Å². The lowest BCUT2D eigenvalue weighted by Crippen LogP contribution is -2.29. The van der Waals surface area contributed by atoms with Gasteiger partial charge in [-0.25, -0.2) is 4.98 Å². The first-order valence-electron chi connectivity index (χ1n) is 13.0. The number of carbonyl (C=O) groups is 2. The number of amides is 1. The van der Waals surface area contributed by atoms with E-state index in [1.807, 2.05) is 54.6 Å². The number of hydrogen-bond donors (Lipinski definition) is 1. The zero-order valence-electron chi connectivity index (χ0n) is 22.3. The minimum Gasteiger partial charge on any atom is -0.505 e. The number of benzene rings is 2. The molecule has 0 saturated carbocycles. The fourth-order valence-electron chi connectivity index (χ4n) is 5.00. The van der Waals surface area contributed by atoms with E-state index in [-0.39, 0.29) is 17.9 Å². The number of aromatic nitrogens is 2. The Labute approximate surface area is 227 Å². The third kappa shape index (κ3) is 4.85. The van der Waals surface area contributed by atoms with Gasteiger partial charge >= 0.3 is 0 Å². The maximum atomic E-state index is 13.6. The number of carbonyl (C=O) groups excluding carboxylic acids is 2. The van der Waals surface area contributed by atoms with Gasteiger partial charge in [-0.3, -0.25) is 14.0 Å². The summed E-state index contributed by atoms with van der Waals surface area (Å²) >= 11 is 0. The molecule has 0 spiro atoms. The number of hydrogen-bond acceptors (Lipinski definition) is 6. The van der Waals surface area contributed by atoms with Crippen LogP contribution >= 0.6 is 0 Å². The van der Waals surface area contributed by atoms with Crippen LogP contribution in [0.5, 0.6) is 11.5 Å². The first kappa shape index (κ1) is 26.0. The molecule has 1 N–H and O–H groups in total. The number of pyridine rings is 1. The van der Waals surface area contributed by atoms with Crippen molar-refractivity contribution in [2.24, 2.45) is 0 Å². The summed E-state index contributed by atoms with van der Waals surface area (Å²) in [5.74, 6) is -0.639. The third-order valence-electron chi connectivity index (χ3n) is 6.92. The second-order valence-electron chi connectivity index (χ2n) is 9.50. The topological polar surface area (TPSA) is 93.4 Å². The molecule has 3 heterocycles. The van der Waals surface area contributed by atoms with Gasteiger partial charge in [-0.15, -0.1) is 0 Å². The molecule has 4 aromatic rings. The van der Waals surface area contributed by atoms with Gasteiger partial charge in [0.05, 0.1) is 31.0 Å². The predicted molar refractivity (Wildman–Crippen MR) is 148 cm³/mol. The molecule has 200 valence electrons. The highest BCUT2D eigenvalue weighted by Crippen LogP contribution is 2.43. The van der Waals surface area contributed by atoms with E-state index in [1.165, 1.54) is 4.90 Å². The van der Waals surface area contributed by atoms with Crippen LogP contribution in [-0.2, 0) is 16.1 Å². The summed E-state index contributed by atoms with van der Waals surface area (Å²) in [4.78, 5) is 33.1. The Morgan fingerprint density at radius 3 is 2.54 bits per heavy atom. The van der Waals surface area contributed by atoms with Gasteiger partial charge in [-0.1, -0.05) is 55.8 Å². The molecule has 1 aliphatic rings. The summed E-state index contributed by atoms with van der Waals surface area (Å²) in [6, 6.07) is 19.5. The standard InChI is InChI=1S/C31H31N3O5/c1-4-5-17-39-23-15-14-22(18-24(23)38-3)28-26(29(35)27-20(2)32-25-13-9-10-16-33(25)27)30(36)31(37)34(28)19-21-11-7-6-8-12-21/h6-16,18,28,35H,4-5,17,19H2,1-3H3/b29-26+. The van der Waals surface area contributed by atoms with Crippen molar-refractivity contribution in [2.45, 2.75) is 39.3 Å². The summed E-state index contributed by atoms with van der Waals surface area (Å²) in [6.45, 7) is 4.59. The number of ketones is 1. The second kappa shape index (κ2) is 11.0. The number of aryl methyl sites for hydroxylation is 1. The monoisotopic (exact) mass is 525 g/mol. The summed E-state index contributed by atoms with van der Waals surface area (Å²) < 4.78 is 13.2. The van der Waals surface area contributed by atoms with E-state index in [0.717, 1.165) is 18.4 Å². The summed E-state index contributed by atoms with van der Waals surface area (Å²) in [5.41, 5.74) is 3.04. The summed E-state index contributed by atoms with van der Waals surface area (Å²) in [5, 5.41) is 11.7. The number of ether oxygens (including phenoxy) is 2. The van der Waals surface area contributed by atoms with Gasteiger partial charge < -0.3 is 19.5 Å². The van der Waals surface area contributed by atoms with Crippen LogP contribution < -0.4 is 9.47 Å². The Kier molecular flexibility index (Phi) is 7.36. The zero-order chi connectivity index (χ0) is 27.5. The van der Waals surface area contributed by atoms with Crippen LogP contribution in [-0.4, -0.2) is 44.8 Å². The molecule has 8 nitrogen and oxygen atoms in total. The highest BCUT2D eigenvalue weighted by Gasteiger charge is 2.46. The van der Waals surface area contributed by atoms with Crippen LogP contribution in [0, 0.1) is 6.92 Å². The van der Waals surface area contributed by atoms with E-state index < -0.39 is 17.7 Å². The predicted octanol–water partition coefficient (Wildman–Crippen LogP) is 5.45. The van der Waals surface area contributed by atoms with Gasteiger partial charge in [-0.2, -0.15) is 0 Å². The lowest BCUT2D eigenvalue weighted by atomic mass is 9.95. The molecule has 1 saturated heterocycles. The normalized spacial score (nSPS) is 16.7. The number of nitrogens with zero attached hydrogens (tertiary/aromatic N) is 3. The smallest absolute Gasteiger partial charge is 0.295 e. The lowest BCUT2D eigenvalue weighted by Gasteiger charge is -2.26. The van der Waals surface area contributed by atoms with Gasteiger partial charge in [0, 0.05) is 12.7 Å². The van der Waals surface area contributed by atoms with Gasteiger partial charge in [0.15, 0.2) is 17.3 Å². The molecular weight excluding hydrogens is 494 g/mol. The molecule has 1 aliphatic heterocycles. The molecule has 1 unspecified atom stereocenters. The quantitative estimate of drug-likeness (QED) is 0.135. The molecule has 1 fully saturated rings. The summed E-state index contributed by atoms with van der Waals surface area (Å²) in [6.07, 6.45) is 3.67. The highest BCUT2D eigenvalue weighted by molar-refractivity contribution is 6.46. The molecule has 1 atom stereocenters. The Bertz CT molecular complexity index is 1560. The van der Waals surface area contributed by atoms with Crippen molar-refractivity contribution in [3.8, 4) is 11.5 Å². The number of likely N-dealkylation sites (tertiary alicyclic amines) is 1. The van der Waals surface area contributed by atoms with Crippen molar-refractivity contribution in [1.29, 1.82) is 0 Å². The molecule has 0 aliphatic carbocycles. The Morgan fingerprint density at radius 1 is 1.03 bits per heavy atom. The Hall–Kier alpha value is -4.59. The van der Waals surface area contributed by atoms with Crippen molar-refractivity contribution in [2.75, 3.05) is 13.7 Å². The lowest BCUT2D eigenvalue weighted by molar-refractivity contribution is -0.140. The molecule has 39 heavy (non-hydrogen) atoms. The van der Waals surface area contributed by atoms with Gasteiger partial charge in [0.2, 0.25) is 0 Å². The van der Waals surface area contributed by atoms with Gasteiger partial charge in [0.1, 0.15) is 11.3 Å². The van der Waals surface area contributed by atoms with E-state index in [9.17, 15) is 14.7 Å². The van der Waals surface area contributed by atoms with Crippen molar-refractivity contribution in [3.63, 3.8) is 0 Å². The molecule has 0 radical (unpaired) electrons. The number of imidazole rings is 1. The number of unbranched alkanes of at least 4 members (excludes halogenated alkanes) is 1. The van der Waals surface area contributed by atoms with Crippen LogP contribution in [0.3, 0.4) is 0 Å². The first-order valence-corrected chi connectivity index (χ1v) is 13.0. The fourth-order valence-corrected chi connectivity index (χ4v) is 5.00. The van der Waals surface area contributed by atoms with Gasteiger partial charge in [0.25, 0.3) is 11.7 Å². The zero-order valence-corrected chi connectivity index (χ0v) is 22.3. The minimum absolute atomic E-state index is 0.00592. The average Bonchev–Trinajstić information content (AvgIpc) is 3.42. The van der Waals surface area contributed by atoms with Crippen LogP contribution in [0.4, 0.5) is 0 Å². The molecular formula is C31H31N3O5. The number of methoxy groups -OCH3 is 1. The molecule has 0 bridgehead atoms. The molecule has 2 aromatic carbocycles. The number of aliphatic hydroxyl groups excluding tert-OH is 1. The molecule has 8 heteroatoms. The SMILES string of the molecule is CCCCOc1ccc(C2/C(=C(\O)c3c(C)nc4ccccn34)C(=O)C(=O)N2Cc2ccccc2)cc1OC. The van der Waals surface area contributed by atoms with Gasteiger partial charge in [-0.05, 0) is 48.7 Å². The summed E-state index contributed by atoms with van der Waals surface area (Å²) in [7, 11) is 1.55. The number of aliphatic hydroxyl groups is 1. The van der Waals surface area contributed by atoms with E-state index >= 15 is 0 Å². The minimum atomic E-state index is -0.850. The van der Waals surface area contributed by atoms with Crippen molar-refractivity contribution in [3.05, 3.63) is 101 Å². The largest absolute Gasteiger partial charge is 0.505 e. The van der Waals surface area contributed by atoms with Crippen LogP contribution in [0.2, 0.25) is 0 Å². The van der Waals surface area contributed by atoms with E-state index in [0.29, 0.717) is 40.7 Å². The Balaban J connectivity index is 1.67. The van der Waals surface area contributed by atoms with Crippen molar-refractivity contribution < 1.29 is 24.2 Å². The molecule has 1 amide bonds. The van der Waals surface area contributed by atoms with Crippen LogP contribution in [0.1, 0.15) is 48.3 Å².